The van der Waals surface area contributed by atoms with Crippen molar-refractivity contribution >= 4 is 21.9 Å². The van der Waals surface area contributed by atoms with Crippen LogP contribution in [0, 0.1) is 0 Å². The summed E-state index contributed by atoms with van der Waals surface area (Å²) >= 11 is 0. The second-order valence-electron chi connectivity index (χ2n) is 5.61. The molecule has 0 heterocycles. The van der Waals surface area contributed by atoms with Gasteiger partial charge < -0.3 is 14.8 Å². The molecule has 9 heteroatoms. The molecule has 1 atom stereocenters. The summed E-state index contributed by atoms with van der Waals surface area (Å²) in [6.07, 6.45) is 0.754. The number of ether oxygens (including phenoxy) is 2. The number of methoxy groups -OCH3 is 1. The zero-order chi connectivity index (χ0) is 19.2. The van der Waals surface area contributed by atoms with Gasteiger partial charge in [-0.15, -0.1) is 0 Å². The lowest BCUT2D eigenvalue weighted by Gasteiger charge is -2.15. The first-order chi connectivity index (χ1) is 11.6. The molecule has 0 bridgehead atoms. The predicted molar refractivity (Wildman–Crippen MR) is 92.0 cm³/mol. The maximum atomic E-state index is 12.3. The number of esters is 1. The van der Waals surface area contributed by atoms with Crippen molar-refractivity contribution in [2.24, 2.45) is 0 Å². The van der Waals surface area contributed by atoms with Crippen LogP contribution in [0.15, 0.2) is 23.1 Å². The molecule has 0 fully saturated rings. The monoisotopic (exact) mass is 372 g/mol. The van der Waals surface area contributed by atoms with E-state index in [-0.39, 0.29) is 22.3 Å². The van der Waals surface area contributed by atoms with E-state index >= 15 is 0 Å². The summed E-state index contributed by atoms with van der Waals surface area (Å²) in [7, 11) is 0.278. The maximum Gasteiger partial charge on any atom is 0.338 e. The summed E-state index contributed by atoms with van der Waals surface area (Å²) in [5.74, 6) is -1.10. The minimum absolute atomic E-state index is 0.0116. The quantitative estimate of drug-likeness (QED) is 0.684. The van der Waals surface area contributed by atoms with Gasteiger partial charge in [0.25, 0.3) is 5.91 Å². The third-order valence-corrected chi connectivity index (χ3v) is 5.35. The third kappa shape index (κ3) is 5.43. The highest BCUT2D eigenvalue weighted by Gasteiger charge is 2.24. The fourth-order valence-electron chi connectivity index (χ4n) is 1.83. The number of nitrogens with one attached hydrogen (secondary N) is 1. The molecule has 0 aliphatic heterocycles. The zero-order valence-corrected chi connectivity index (χ0v) is 15.8. The number of carbonyl (C=O) groups excluding carboxylic acids is 2. The molecule has 0 aliphatic carbocycles. The topological polar surface area (TPSA) is 102 Å². The fraction of sp³-hybridized carbons (Fsp3) is 0.500. The molecule has 0 aromatic heterocycles. The third-order valence-electron chi connectivity index (χ3n) is 3.51. The van der Waals surface area contributed by atoms with E-state index in [0.29, 0.717) is 0 Å². The summed E-state index contributed by atoms with van der Waals surface area (Å²) in [5.41, 5.74) is 0.0116. The number of amides is 1. The number of rotatable bonds is 8. The summed E-state index contributed by atoms with van der Waals surface area (Å²) in [5, 5.41) is 2.67. The molecule has 0 radical (unpaired) electrons. The van der Waals surface area contributed by atoms with Gasteiger partial charge in [-0.2, -0.15) is 0 Å². The molecule has 1 rings (SSSR count). The van der Waals surface area contributed by atoms with Gasteiger partial charge in [0.1, 0.15) is 10.6 Å². The van der Waals surface area contributed by atoms with Crippen molar-refractivity contribution in [3.8, 4) is 5.75 Å². The van der Waals surface area contributed by atoms with Crippen LogP contribution in [0.1, 0.15) is 30.6 Å². The van der Waals surface area contributed by atoms with Crippen molar-refractivity contribution in [3.63, 3.8) is 0 Å². The van der Waals surface area contributed by atoms with E-state index in [1.165, 1.54) is 39.4 Å². The average Bonchev–Trinajstić information content (AvgIpc) is 2.58. The Morgan fingerprint density at radius 1 is 1.28 bits per heavy atom. The number of hydrogen-bond acceptors (Lipinski definition) is 6. The van der Waals surface area contributed by atoms with Gasteiger partial charge in [0.05, 0.1) is 12.7 Å². The molecule has 0 saturated heterocycles. The first kappa shape index (κ1) is 20.9. The van der Waals surface area contributed by atoms with Crippen LogP contribution in [0.5, 0.6) is 5.75 Å². The van der Waals surface area contributed by atoms with Crippen LogP contribution in [0.3, 0.4) is 0 Å². The zero-order valence-electron chi connectivity index (χ0n) is 15.0. The van der Waals surface area contributed by atoms with E-state index in [2.05, 4.69) is 5.32 Å². The van der Waals surface area contributed by atoms with E-state index in [9.17, 15) is 18.0 Å². The van der Waals surface area contributed by atoms with Gasteiger partial charge in [-0.3, -0.25) is 4.79 Å². The van der Waals surface area contributed by atoms with Gasteiger partial charge in [-0.1, -0.05) is 6.92 Å². The summed E-state index contributed by atoms with van der Waals surface area (Å²) in [6, 6.07) is 3.89. The molecule has 0 spiro atoms. The van der Waals surface area contributed by atoms with Crippen LogP contribution in [-0.4, -0.2) is 58.5 Å². The van der Waals surface area contributed by atoms with Gasteiger partial charge >= 0.3 is 5.97 Å². The largest absolute Gasteiger partial charge is 0.495 e. The molecule has 140 valence electrons. The highest BCUT2D eigenvalue weighted by Crippen LogP contribution is 2.27. The Kier molecular flexibility index (Phi) is 7.38. The molecule has 0 aliphatic rings. The lowest BCUT2D eigenvalue weighted by molar-refractivity contribution is -0.124. The number of hydrogen-bond donors (Lipinski definition) is 1. The van der Waals surface area contributed by atoms with Crippen LogP contribution in [0.2, 0.25) is 0 Å². The van der Waals surface area contributed by atoms with E-state index in [1.54, 1.807) is 0 Å². The molecule has 1 N–H and O–H groups in total. The van der Waals surface area contributed by atoms with Gasteiger partial charge in [0, 0.05) is 20.1 Å². The Bertz CT molecular complexity index is 730. The number of sulfonamides is 1. The van der Waals surface area contributed by atoms with E-state index in [4.69, 9.17) is 9.47 Å². The second kappa shape index (κ2) is 8.82. The van der Waals surface area contributed by atoms with Crippen molar-refractivity contribution < 1.29 is 27.5 Å². The Hall–Kier alpha value is -2.13. The summed E-state index contributed by atoms with van der Waals surface area (Å²) in [6.45, 7) is 3.31. The van der Waals surface area contributed by atoms with Gasteiger partial charge in [-0.05, 0) is 31.5 Å². The molecule has 1 amide bonds. The molecular weight excluding hydrogens is 348 g/mol. The van der Waals surface area contributed by atoms with Crippen molar-refractivity contribution in [2.75, 3.05) is 27.8 Å². The van der Waals surface area contributed by atoms with Gasteiger partial charge in [0.15, 0.2) is 6.61 Å². The van der Waals surface area contributed by atoms with E-state index < -0.39 is 28.5 Å². The van der Waals surface area contributed by atoms with Crippen LogP contribution in [-0.2, 0) is 19.6 Å². The van der Waals surface area contributed by atoms with Gasteiger partial charge in [0.2, 0.25) is 10.0 Å². The number of benzene rings is 1. The summed E-state index contributed by atoms with van der Waals surface area (Å²) in [4.78, 5) is 23.6. The van der Waals surface area contributed by atoms with Crippen molar-refractivity contribution in [3.05, 3.63) is 23.8 Å². The highest BCUT2D eigenvalue weighted by atomic mass is 32.2. The van der Waals surface area contributed by atoms with Gasteiger partial charge in [-0.25, -0.2) is 17.5 Å². The molecule has 8 nitrogen and oxygen atoms in total. The van der Waals surface area contributed by atoms with Crippen LogP contribution in [0.4, 0.5) is 0 Å². The number of nitrogens with zero attached hydrogens (tertiary/aromatic N) is 1. The van der Waals surface area contributed by atoms with Crippen LogP contribution >= 0.6 is 0 Å². The SMILES string of the molecule is CC[C@H](C)NC(=O)COC(=O)c1ccc(OC)c(S(=O)(=O)N(C)C)c1. The van der Waals surface area contributed by atoms with Crippen molar-refractivity contribution in [1.82, 2.24) is 9.62 Å². The maximum absolute atomic E-state index is 12.3. The smallest absolute Gasteiger partial charge is 0.338 e. The Morgan fingerprint density at radius 2 is 1.92 bits per heavy atom. The molecule has 1 aromatic carbocycles. The van der Waals surface area contributed by atoms with Crippen molar-refractivity contribution in [1.29, 1.82) is 0 Å². The second-order valence-corrected chi connectivity index (χ2v) is 7.73. The fourth-order valence-corrected chi connectivity index (χ4v) is 2.91. The van der Waals surface area contributed by atoms with Crippen LogP contribution < -0.4 is 10.1 Å². The Balaban J connectivity index is 2.96. The molecule has 0 unspecified atom stereocenters. The van der Waals surface area contributed by atoms with Crippen molar-refractivity contribution in [2.45, 2.75) is 31.2 Å². The van der Waals surface area contributed by atoms with Crippen LogP contribution in [0.25, 0.3) is 0 Å². The predicted octanol–water partition coefficient (Wildman–Crippen LogP) is 1.02. The Morgan fingerprint density at radius 3 is 2.44 bits per heavy atom. The Labute approximate surface area is 148 Å². The van der Waals surface area contributed by atoms with E-state index in [1.807, 2.05) is 13.8 Å². The lowest BCUT2D eigenvalue weighted by Crippen LogP contribution is -2.35. The molecular formula is C16H24N2O6S. The minimum atomic E-state index is -3.80. The molecule has 25 heavy (non-hydrogen) atoms. The highest BCUT2D eigenvalue weighted by molar-refractivity contribution is 7.89. The first-order valence-corrected chi connectivity index (χ1v) is 9.14. The standard InChI is InChI=1S/C16H24N2O6S/c1-6-11(2)17-15(19)10-24-16(20)12-7-8-13(23-5)14(9-12)25(21,22)18(3)4/h7-9,11H,6,10H2,1-5H3,(H,17,19)/t11-/m0/s1. The molecule has 1 aromatic rings. The molecule has 0 saturated carbocycles. The number of carbonyl (C=O) groups is 2. The normalized spacial score (nSPS) is 12.6. The lowest BCUT2D eigenvalue weighted by atomic mass is 10.2. The average molecular weight is 372 g/mol. The minimum Gasteiger partial charge on any atom is -0.495 e. The van der Waals surface area contributed by atoms with E-state index in [0.717, 1.165) is 10.7 Å². The summed E-state index contributed by atoms with van der Waals surface area (Å²) < 4.78 is 35.7. The first-order valence-electron chi connectivity index (χ1n) is 7.70.